The first-order valence-electron chi connectivity index (χ1n) is 16.2. The molecule has 0 saturated carbocycles. The average molecular weight is 481 g/mol. The second-order valence-electron chi connectivity index (χ2n) is 11.8. The van der Waals surface area contributed by atoms with Crippen LogP contribution in [0.5, 0.6) is 0 Å². The fourth-order valence-electron chi connectivity index (χ4n) is 5.44. The molecule has 0 aliphatic rings. The van der Waals surface area contributed by atoms with E-state index in [0.717, 1.165) is 5.92 Å². The molecular formula is C32H68Si. The molecule has 0 aromatic rings. The highest BCUT2D eigenvalue weighted by Gasteiger charge is 2.10. The fraction of sp³-hybridized carbons (Fsp3) is 1.00. The molecule has 0 aliphatic carbocycles. The Morgan fingerprint density at radius 2 is 0.636 bits per heavy atom. The minimum atomic E-state index is -0.455. The molecule has 0 rings (SSSR count). The van der Waals surface area contributed by atoms with E-state index < -0.39 is 8.80 Å². The van der Waals surface area contributed by atoms with E-state index in [-0.39, 0.29) is 0 Å². The maximum Gasteiger partial charge on any atom is 0.0367 e. The molecule has 0 atom stereocenters. The molecule has 0 amide bonds. The maximum absolute atomic E-state index is 2.36. The molecule has 0 aliphatic heterocycles. The lowest BCUT2D eigenvalue weighted by atomic mass is 10.0. The van der Waals surface area contributed by atoms with Crippen LogP contribution in [-0.2, 0) is 0 Å². The summed E-state index contributed by atoms with van der Waals surface area (Å²) < 4.78 is 0. The Morgan fingerprint density at radius 3 is 0.939 bits per heavy atom. The van der Waals surface area contributed by atoms with Gasteiger partial charge in [0.05, 0.1) is 0 Å². The van der Waals surface area contributed by atoms with Crippen LogP contribution in [0.3, 0.4) is 0 Å². The van der Waals surface area contributed by atoms with Crippen LogP contribution in [0.15, 0.2) is 0 Å². The van der Waals surface area contributed by atoms with Crippen LogP contribution < -0.4 is 0 Å². The van der Waals surface area contributed by atoms with E-state index in [1.54, 1.807) is 37.4 Å². The molecule has 0 unspecified atom stereocenters. The van der Waals surface area contributed by atoms with Crippen molar-refractivity contribution in [3.05, 3.63) is 0 Å². The van der Waals surface area contributed by atoms with E-state index in [1.165, 1.54) is 135 Å². The molecule has 0 fully saturated rings. The molecule has 0 bridgehead atoms. The van der Waals surface area contributed by atoms with Crippen molar-refractivity contribution in [1.29, 1.82) is 0 Å². The van der Waals surface area contributed by atoms with Gasteiger partial charge in [0.15, 0.2) is 0 Å². The minimum Gasteiger partial charge on any atom is -0.0654 e. The zero-order chi connectivity index (χ0) is 24.2. The van der Waals surface area contributed by atoms with Gasteiger partial charge in [-0.05, 0) is 5.92 Å². The molecule has 0 spiro atoms. The topological polar surface area (TPSA) is 0 Å². The van der Waals surface area contributed by atoms with Crippen LogP contribution in [0.4, 0.5) is 0 Å². The van der Waals surface area contributed by atoms with Crippen molar-refractivity contribution in [3.8, 4) is 0 Å². The van der Waals surface area contributed by atoms with Crippen molar-refractivity contribution < 1.29 is 0 Å². The summed E-state index contributed by atoms with van der Waals surface area (Å²) in [5, 5.41) is 0. The highest BCUT2D eigenvalue weighted by atomic mass is 28.3. The first-order chi connectivity index (χ1) is 16.2. The van der Waals surface area contributed by atoms with E-state index in [4.69, 9.17) is 0 Å². The smallest absolute Gasteiger partial charge is 0.0367 e. The monoisotopic (exact) mass is 481 g/mol. The normalized spacial score (nSPS) is 11.8. The molecule has 0 radical (unpaired) electrons. The van der Waals surface area contributed by atoms with E-state index in [9.17, 15) is 0 Å². The number of unbranched alkanes of at least 4 members (excludes halogenated alkanes) is 20. The van der Waals surface area contributed by atoms with Gasteiger partial charge in [-0.25, -0.2) is 0 Å². The summed E-state index contributed by atoms with van der Waals surface area (Å²) in [5.41, 5.74) is 0. The molecule has 1 heteroatoms. The third-order valence-corrected chi connectivity index (χ3v) is 11.5. The van der Waals surface area contributed by atoms with Gasteiger partial charge < -0.3 is 0 Å². The van der Waals surface area contributed by atoms with Crippen LogP contribution in [0, 0.1) is 5.92 Å². The van der Waals surface area contributed by atoms with E-state index in [0.29, 0.717) is 0 Å². The minimum absolute atomic E-state index is 0.455. The highest BCUT2D eigenvalue weighted by Crippen LogP contribution is 2.21. The standard InChI is InChI=1S/C32H68Si/c1-5-7-9-11-13-17-21-25-29-33(30-26-22-18-14-12-10-8-6-2)31-27-23-19-15-16-20-24-28-32(3)4/h32-33H,5-31H2,1-4H3. The van der Waals surface area contributed by atoms with Crippen LogP contribution in [0.2, 0.25) is 18.1 Å². The van der Waals surface area contributed by atoms with Gasteiger partial charge in [0.25, 0.3) is 0 Å². The van der Waals surface area contributed by atoms with Gasteiger partial charge in [0.1, 0.15) is 0 Å². The molecule has 200 valence electrons. The summed E-state index contributed by atoms with van der Waals surface area (Å²) in [6, 6.07) is 5.00. The number of hydrogen-bond acceptors (Lipinski definition) is 0. The van der Waals surface area contributed by atoms with Crippen molar-refractivity contribution >= 4 is 8.80 Å². The van der Waals surface area contributed by atoms with Crippen LogP contribution >= 0.6 is 0 Å². The van der Waals surface area contributed by atoms with Gasteiger partial charge in [-0.15, -0.1) is 0 Å². The van der Waals surface area contributed by atoms with E-state index in [2.05, 4.69) is 27.7 Å². The summed E-state index contributed by atoms with van der Waals surface area (Å²) in [7, 11) is -0.455. The van der Waals surface area contributed by atoms with E-state index >= 15 is 0 Å². The summed E-state index contributed by atoms with van der Waals surface area (Å²) in [4.78, 5) is 0. The lowest BCUT2D eigenvalue weighted by Crippen LogP contribution is -2.12. The Labute approximate surface area is 214 Å². The summed E-state index contributed by atoms with van der Waals surface area (Å²) >= 11 is 0. The highest BCUT2D eigenvalue weighted by molar-refractivity contribution is 6.58. The Hall–Kier alpha value is 0.217. The second kappa shape index (κ2) is 28.5. The second-order valence-corrected chi connectivity index (χ2v) is 15.3. The molecule has 0 saturated heterocycles. The number of rotatable bonds is 28. The largest absolute Gasteiger partial charge is 0.0654 e. The van der Waals surface area contributed by atoms with Crippen molar-refractivity contribution in [2.45, 2.75) is 200 Å². The SMILES string of the molecule is CCCCCCCCCC[SiH](CCCCCCCCCC)CCCCCCCCCC(C)C. The zero-order valence-electron chi connectivity index (χ0n) is 24.2. The van der Waals surface area contributed by atoms with Gasteiger partial charge in [-0.3, -0.25) is 0 Å². The Morgan fingerprint density at radius 1 is 0.364 bits per heavy atom. The van der Waals surface area contributed by atoms with Crippen LogP contribution in [0.25, 0.3) is 0 Å². The molecular weight excluding hydrogens is 412 g/mol. The van der Waals surface area contributed by atoms with Gasteiger partial charge >= 0.3 is 0 Å². The summed E-state index contributed by atoms with van der Waals surface area (Å²) in [5.74, 6) is 0.897. The summed E-state index contributed by atoms with van der Waals surface area (Å²) in [6.07, 6.45) is 35.8. The van der Waals surface area contributed by atoms with Crippen molar-refractivity contribution in [2.24, 2.45) is 5.92 Å². The average Bonchev–Trinajstić information content (AvgIpc) is 2.80. The molecule has 0 aromatic carbocycles. The van der Waals surface area contributed by atoms with Gasteiger partial charge in [0, 0.05) is 8.80 Å². The third kappa shape index (κ3) is 28.3. The van der Waals surface area contributed by atoms with Gasteiger partial charge in [-0.2, -0.15) is 0 Å². The van der Waals surface area contributed by atoms with Crippen molar-refractivity contribution in [3.63, 3.8) is 0 Å². The lowest BCUT2D eigenvalue weighted by Gasteiger charge is -2.15. The first kappa shape index (κ1) is 33.2. The molecule has 0 aromatic heterocycles. The van der Waals surface area contributed by atoms with Crippen molar-refractivity contribution in [2.75, 3.05) is 0 Å². The summed E-state index contributed by atoms with van der Waals surface area (Å²) in [6.45, 7) is 9.37. The predicted octanol–water partition coefficient (Wildman–Crippen LogP) is 12.3. The zero-order valence-corrected chi connectivity index (χ0v) is 25.4. The van der Waals surface area contributed by atoms with E-state index in [1.807, 2.05) is 0 Å². The predicted molar refractivity (Wildman–Crippen MR) is 159 cm³/mol. The third-order valence-electron chi connectivity index (χ3n) is 7.83. The molecule has 33 heavy (non-hydrogen) atoms. The number of hydrogen-bond donors (Lipinski definition) is 0. The van der Waals surface area contributed by atoms with Gasteiger partial charge in [-0.1, -0.05) is 200 Å². The molecule has 0 heterocycles. The molecule has 0 N–H and O–H groups in total. The van der Waals surface area contributed by atoms with Crippen molar-refractivity contribution in [1.82, 2.24) is 0 Å². The maximum atomic E-state index is 2.36. The Balaban J connectivity index is 3.85. The molecule has 0 nitrogen and oxygen atoms in total. The quantitative estimate of drug-likeness (QED) is 0.0771. The lowest BCUT2D eigenvalue weighted by molar-refractivity contribution is 0.510. The first-order valence-corrected chi connectivity index (χ1v) is 18.7. The van der Waals surface area contributed by atoms with Crippen LogP contribution in [0.1, 0.15) is 182 Å². The fourth-order valence-corrected chi connectivity index (χ4v) is 8.90. The van der Waals surface area contributed by atoms with Crippen LogP contribution in [-0.4, -0.2) is 8.80 Å². The Kier molecular flexibility index (Phi) is 28.6. The Bertz CT molecular complexity index is 317. The van der Waals surface area contributed by atoms with Gasteiger partial charge in [0.2, 0.25) is 0 Å².